The standard InChI is InChI=1S/C25H18F3N5O3S/c1-2-36-24(35)18-13-29-22-20(15(9-11-33(18)22)14-6-4-3-5-7-14)31-23(34)19-12-16(17-8-10-30-32-17)21(37-19)25(26,27)28/h3-13H,2H2,1H3,(H,30,32)(H,31,34). The number of nitrogens with one attached hydrogen (secondary N) is 2. The van der Waals surface area contributed by atoms with Crippen molar-refractivity contribution in [3.05, 3.63) is 82.6 Å². The van der Waals surface area contributed by atoms with Gasteiger partial charge in [0.25, 0.3) is 5.91 Å². The van der Waals surface area contributed by atoms with Crippen LogP contribution in [-0.4, -0.2) is 38.1 Å². The van der Waals surface area contributed by atoms with Crippen LogP contribution < -0.4 is 5.32 Å². The number of H-pyrrole nitrogens is 1. The zero-order chi connectivity index (χ0) is 26.2. The molecule has 0 saturated carbocycles. The van der Waals surface area contributed by atoms with E-state index >= 15 is 0 Å². The molecule has 0 aliphatic carbocycles. The van der Waals surface area contributed by atoms with Crippen LogP contribution in [0.4, 0.5) is 18.9 Å². The molecule has 0 saturated heterocycles. The van der Waals surface area contributed by atoms with Crippen molar-refractivity contribution in [2.45, 2.75) is 13.1 Å². The lowest BCUT2D eigenvalue weighted by atomic mass is 10.0. The highest BCUT2D eigenvalue weighted by Crippen LogP contribution is 2.42. The van der Waals surface area contributed by atoms with Crippen LogP contribution in [0.2, 0.25) is 0 Å². The molecule has 5 rings (SSSR count). The lowest BCUT2D eigenvalue weighted by Gasteiger charge is -2.13. The molecule has 4 aromatic heterocycles. The summed E-state index contributed by atoms with van der Waals surface area (Å²) in [5.74, 6) is -1.36. The maximum absolute atomic E-state index is 13.8. The highest BCUT2D eigenvalue weighted by Gasteiger charge is 2.37. The minimum Gasteiger partial charge on any atom is -0.461 e. The molecule has 37 heavy (non-hydrogen) atoms. The van der Waals surface area contributed by atoms with Crippen molar-refractivity contribution in [3.8, 4) is 22.4 Å². The molecular formula is C25H18F3N5O3S. The Labute approximate surface area is 211 Å². The molecule has 2 N–H and O–H groups in total. The Morgan fingerprint density at radius 2 is 1.92 bits per heavy atom. The summed E-state index contributed by atoms with van der Waals surface area (Å²) in [6.07, 6.45) is -0.396. The second-order valence-corrected chi connectivity index (χ2v) is 8.86. The molecule has 0 radical (unpaired) electrons. The number of imidazole rings is 1. The first-order valence-electron chi connectivity index (χ1n) is 11.0. The van der Waals surface area contributed by atoms with Gasteiger partial charge in [0.1, 0.15) is 4.88 Å². The third kappa shape index (κ3) is 4.58. The van der Waals surface area contributed by atoms with Crippen LogP contribution in [0.1, 0.15) is 32.0 Å². The lowest BCUT2D eigenvalue weighted by Crippen LogP contribution is -2.13. The van der Waals surface area contributed by atoms with Gasteiger partial charge in [-0.25, -0.2) is 9.78 Å². The van der Waals surface area contributed by atoms with Gasteiger partial charge in [-0.1, -0.05) is 30.3 Å². The number of amides is 1. The molecule has 8 nitrogen and oxygen atoms in total. The highest BCUT2D eigenvalue weighted by atomic mass is 32.1. The zero-order valence-corrected chi connectivity index (χ0v) is 20.0. The number of aromatic nitrogens is 4. The quantitative estimate of drug-likeness (QED) is 0.269. The van der Waals surface area contributed by atoms with E-state index in [1.807, 2.05) is 30.3 Å². The molecule has 188 valence electrons. The number of hydrogen-bond acceptors (Lipinski definition) is 6. The van der Waals surface area contributed by atoms with Crippen molar-refractivity contribution in [3.63, 3.8) is 0 Å². The summed E-state index contributed by atoms with van der Waals surface area (Å²) in [7, 11) is 0. The maximum atomic E-state index is 13.8. The van der Waals surface area contributed by atoms with Gasteiger partial charge in [0.05, 0.1) is 29.1 Å². The number of nitrogens with zero attached hydrogens (tertiary/aromatic N) is 3. The molecule has 5 aromatic rings. The van der Waals surface area contributed by atoms with Crippen molar-refractivity contribution < 1.29 is 27.5 Å². The van der Waals surface area contributed by atoms with E-state index in [9.17, 15) is 22.8 Å². The van der Waals surface area contributed by atoms with E-state index in [0.29, 0.717) is 16.9 Å². The van der Waals surface area contributed by atoms with Gasteiger partial charge in [0.2, 0.25) is 0 Å². The smallest absolute Gasteiger partial charge is 0.426 e. The Hall–Kier alpha value is -4.45. The number of carbonyl (C=O) groups is 2. The number of hydrogen-bond donors (Lipinski definition) is 2. The fourth-order valence-corrected chi connectivity index (χ4v) is 4.82. The van der Waals surface area contributed by atoms with Gasteiger partial charge in [0, 0.05) is 23.5 Å². The van der Waals surface area contributed by atoms with E-state index in [0.717, 1.165) is 5.56 Å². The minimum absolute atomic E-state index is 0.141. The Balaban J connectivity index is 1.61. The average Bonchev–Trinajstić information content (AvgIpc) is 3.64. The predicted octanol–water partition coefficient (Wildman–Crippen LogP) is 5.90. The molecule has 0 aliphatic rings. The summed E-state index contributed by atoms with van der Waals surface area (Å²) in [6.45, 7) is 1.84. The molecule has 4 heterocycles. The number of anilines is 1. The molecule has 0 unspecified atom stereocenters. The Kier molecular flexibility index (Phi) is 6.25. The Morgan fingerprint density at radius 3 is 2.59 bits per heavy atom. The number of ether oxygens (including phenoxy) is 1. The average molecular weight is 526 g/mol. The molecule has 0 atom stereocenters. The van der Waals surface area contributed by atoms with Gasteiger partial charge in [-0.3, -0.25) is 14.3 Å². The maximum Gasteiger partial charge on any atom is 0.426 e. The number of pyridine rings is 1. The molecule has 0 aliphatic heterocycles. The number of esters is 1. The molecule has 0 bridgehead atoms. The van der Waals surface area contributed by atoms with Gasteiger partial charge in [-0.15, -0.1) is 11.3 Å². The number of alkyl halides is 3. The van der Waals surface area contributed by atoms with E-state index in [-0.39, 0.29) is 39.8 Å². The first-order valence-corrected chi connectivity index (χ1v) is 11.8. The van der Waals surface area contributed by atoms with E-state index in [2.05, 4.69) is 20.5 Å². The lowest BCUT2D eigenvalue weighted by molar-refractivity contribution is -0.133. The second kappa shape index (κ2) is 9.54. The normalized spacial score (nSPS) is 11.6. The first kappa shape index (κ1) is 24.3. The van der Waals surface area contributed by atoms with E-state index in [4.69, 9.17) is 4.74 Å². The summed E-state index contributed by atoms with van der Waals surface area (Å²) in [6, 6.07) is 13.4. The third-order valence-electron chi connectivity index (χ3n) is 5.49. The van der Waals surface area contributed by atoms with E-state index < -0.39 is 22.9 Å². The van der Waals surface area contributed by atoms with Crippen LogP contribution in [0.15, 0.2) is 67.1 Å². The fraction of sp³-hybridized carbons (Fsp3) is 0.120. The second-order valence-electron chi connectivity index (χ2n) is 7.80. The van der Waals surface area contributed by atoms with Gasteiger partial charge < -0.3 is 10.1 Å². The van der Waals surface area contributed by atoms with Crippen molar-refractivity contribution in [1.82, 2.24) is 19.6 Å². The van der Waals surface area contributed by atoms with Crippen molar-refractivity contribution in [2.75, 3.05) is 11.9 Å². The number of fused-ring (bicyclic) bond motifs is 1. The topological polar surface area (TPSA) is 101 Å². The number of aromatic amines is 1. The number of carbonyl (C=O) groups excluding carboxylic acids is 2. The van der Waals surface area contributed by atoms with Gasteiger partial charge in [-0.2, -0.15) is 18.3 Å². The summed E-state index contributed by atoms with van der Waals surface area (Å²) in [5.41, 5.74) is 1.89. The molecule has 1 aromatic carbocycles. The molecular weight excluding hydrogens is 507 g/mol. The number of thiophene rings is 1. The monoisotopic (exact) mass is 525 g/mol. The Bertz CT molecular complexity index is 1590. The number of benzene rings is 1. The van der Waals surface area contributed by atoms with E-state index in [1.165, 1.54) is 28.9 Å². The number of halogens is 3. The predicted molar refractivity (Wildman–Crippen MR) is 131 cm³/mol. The summed E-state index contributed by atoms with van der Waals surface area (Å²) >= 11 is 0.330. The van der Waals surface area contributed by atoms with Gasteiger partial charge in [-0.05, 0) is 30.7 Å². The van der Waals surface area contributed by atoms with Crippen molar-refractivity contribution >= 4 is 34.5 Å². The van der Waals surface area contributed by atoms with Crippen LogP contribution in [0, 0.1) is 0 Å². The highest BCUT2D eigenvalue weighted by molar-refractivity contribution is 7.14. The van der Waals surface area contributed by atoms with E-state index in [1.54, 1.807) is 19.2 Å². The zero-order valence-electron chi connectivity index (χ0n) is 19.2. The fourth-order valence-electron chi connectivity index (χ4n) is 3.88. The Morgan fingerprint density at radius 1 is 1.14 bits per heavy atom. The summed E-state index contributed by atoms with van der Waals surface area (Å²) < 4.78 is 47.8. The third-order valence-corrected chi connectivity index (χ3v) is 6.67. The molecule has 12 heteroatoms. The summed E-state index contributed by atoms with van der Waals surface area (Å²) in [4.78, 5) is 29.0. The summed E-state index contributed by atoms with van der Waals surface area (Å²) in [5, 5.41) is 8.96. The number of rotatable bonds is 6. The molecule has 0 fully saturated rings. The SMILES string of the molecule is CCOC(=O)c1cnc2c(NC(=O)c3cc(-c4ccn[nH]4)c(C(F)(F)F)s3)c(-c3ccccc3)ccn12. The van der Waals surface area contributed by atoms with Crippen molar-refractivity contribution in [1.29, 1.82) is 0 Å². The molecule has 0 spiro atoms. The minimum atomic E-state index is -4.67. The largest absolute Gasteiger partial charge is 0.461 e. The van der Waals surface area contributed by atoms with Crippen LogP contribution in [-0.2, 0) is 10.9 Å². The van der Waals surface area contributed by atoms with Crippen LogP contribution >= 0.6 is 11.3 Å². The van der Waals surface area contributed by atoms with Crippen molar-refractivity contribution in [2.24, 2.45) is 0 Å². The van der Waals surface area contributed by atoms with Gasteiger partial charge >= 0.3 is 12.1 Å². The van der Waals surface area contributed by atoms with Crippen LogP contribution in [0.5, 0.6) is 0 Å². The van der Waals surface area contributed by atoms with Crippen LogP contribution in [0.25, 0.3) is 28.0 Å². The van der Waals surface area contributed by atoms with Crippen LogP contribution in [0.3, 0.4) is 0 Å². The first-order chi connectivity index (χ1) is 17.8. The van der Waals surface area contributed by atoms with Gasteiger partial charge in [0.15, 0.2) is 11.3 Å². The molecule has 1 amide bonds.